The maximum absolute atomic E-state index is 15.4. The Morgan fingerprint density at radius 2 is 0.821 bits per heavy atom. The van der Waals surface area contributed by atoms with Gasteiger partial charge in [0, 0.05) is 11.3 Å². The molecule has 5 rings (SSSR count). The summed E-state index contributed by atoms with van der Waals surface area (Å²) in [4.78, 5) is 0. The summed E-state index contributed by atoms with van der Waals surface area (Å²) in [5.74, 6) is 0. The van der Waals surface area contributed by atoms with Crippen molar-refractivity contribution in [2.24, 2.45) is 0 Å². The lowest BCUT2D eigenvalue weighted by molar-refractivity contribution is -0.0970. The molecule has 3 aliphatic carbocycles. The zero-order chi connectivity index (χ0) is 19.0. The molecule has 5 fully saturated rings. The van der Waals surface area contributed by atoms with Gasteiger partial charge in [-0.2, -0.15) is 0 Å². The topological polar surface area (TPSA) is 35.5 Å². The molecular formula is C24H41O3P. The summed E-state index contributed by atoms with van der Waals surface area (Å²) in [5, 5.41) is 0. The van der Waals surface area contributed by atoms with E-state index in [1.54, 1.807) is 0 Å². The van der Waals surface area contributed by atoms with Crippen LogP contribution < -0.4 is 0 Å². The molecule has 0 radical (unpaired) electrons. The number of ether oxygens (including phenoxy) is 2. The summed E-state index contributed by atoms with van der Waals surface area (Å²) in [5.41, 5.74) is 0.896. The third kappa shape index (κ3) is 3.56. The van der Waals surface area contributed by atoms with E-state index in [2.05, 4.69) is 0 Å². The second-order valence-electron chi connectivity index (χ2n) is 10.4. The summed E-state index contributed by atoms with van der Waals surface area (Å²) in [6.45, 7) is 0. The summed E-state index contributed by atoms with van der Waals surface area (Å²) >= 11 is 0. The van der Waals surface area contributed by atoms with E-state index in [1.165, 1.54) is 70.6 Å². The van der Waals surface area contributed by atoms with Crippen molar-refractivity contribution in [2.75, 3.05) is 0 Å². The number of hydrogen-bond acceptors (Lipinski definition) is 3. The fourth-order valence-corrected chi connectivity index (χ4v) is 13.0. The monoisotopic (exact) mass is 408 g/mol. The van der Waals surface area contributed by atoms with Gasteiger partial charge in [0.1, 0.15) is 7.14 Å². The van der Waals surface area contributed by atoms with Crippen LogP contribution in [0.25, 0.3) is 0 Å². The molecule has 2 heterocycles. The fraction of sp³-hybridized carbons (Fsp3) is 1.00. The second kappa shape index (κ2) is 8.72. The average Bonchev–Trinajstić information content (AvgIpc) is 2.78. The van der Waals surface area contributed by atoms with Crippen LogP contribution in [0.2, 0.25) is 0 Å². The first kappa shape index (κ1) is 20.1. The van der Waals surface area contributed by atoms with Gasteiger partial charge in [-0.05, 0) is 38.5 Å². The van der Waals surface area contributed by atoms with E-state index in [9.17, 15) is 0 Å². The van der Waals surface area contributed by atoms with E-state index < -0.39 is 7.14 Å². The molecule has 0 amide bonds. The van der Waals surface area contributed by atoms with E-state index in [4.69, 9.17) is 9.47 Å². The van der Waals surface area contributed by atoms with E-state index in [0.717, 1.165) is 38.5 Å². The molecule has 8 atom stereocenters. The third-order valence-electron chi connectivity index (χ3n) is 8.78. The summed E-state index contributed by atoms with van der Waals surface area (Å²) in [6.07, 6.45) is 22.0. The first-order valence-electron chi connectivity index (χ1n) is 12.7. The van der Waals surface area contributed by atoms with E-state index >= 15 is 4.57 Å². The molecule has 2 saturated heterocycles. The Morgan fingerprint density at radius 3 is 1.32 bits per heavy atom. The van der Waals surface area contributed by atoms with Crippen molar-refractivity contribution in [3.63, 3.8) is 0 Å². The van der Waals surface area contributed by atoms with Gasteiger partial charge < -0.3 is 14.0 Å². The number of hydrogen-bond donors (Lipinski definition) is 0. The van der Waals surface area contributed by atoms with Crippen LogP contribution in [0.15, 0.2) is 0 Å². The lowest BCUT2D eigenvalue weighted by Crippen LogP contribution is -2.59. The Labute approximate surface area is 172 Å². The zero-order valence-electron chi connectivity index (χ0n) is 17.7. The quantitative estimate of drug-likeness (QED) is 0.420. The van der Waals surface area contributed by atoms with Gasteiger partial charge in [-0.15, -0.1) is 0 Å². The standard InChI is InChI=1S/C24H41O3P/c25-28-22-16-8-3-1-2-6-12-18(22)26-20-14-10-11-15-21(24(20)28)27-19-13-7-4-5-9-17-23(19)28/h18-24H,1-17H2. The molecule has 0 aromatic rings. The van der Waals surface area contributed by atoms with Gasteiger partial charge in [-0.1, -0.05) is 70.6 Å². The van der Waals surface area contributed by atoms with Gasteiger partial charge in [0.2, 0.25) is 0 Å². The molecule has 0 N–H and O–H groups in total. The maximum atomic E-state index is 15.4. The molecule has 5 aliphatic rings. The summed E-state index contributed by atoms with van der Waals surface area (Å²) in [6, 6.07) is 0. The lowest BCUT2D eigenvalue weighted by atomic mass is 9.96. The van der Waals surface area contributed by atoms with Crippen molar-refractivity contribution < 1.29 is 14.0 Å². The predicted octanol–water partition coefficient (Wildman–Crippen LogP) is 6.66. The summed E-state index contributed by atoms with van der Waals surface area (Å²) < 4.78 is 29.1. The van der Waals surface area contributed by atoms with Crippen LogP contribution in [-0.4, -0.2) is 41.4 Å². The molecule has 0 aromatic heterocycles. The molecule has 160 valence electrons. The predicted molar refractivity (Wildman–Crippen MR) is 115 cm³/mol. The first-order chi connectivity index (χ1) is 13.8. The van der Waals surface area contributed by atoms with Crippen LogP contribution in [-0.2, 0) is 14.0 Å². The van der Waals surface area contributed by atoms with Gasteiger partial charge >= 0.3 is 0 Å². The minimum atomic E-state index is -2.35. The molecule has 3 saturated carbocycles. The van der Waals surface area contributed by atoms with Gasteiger partial charge in [0.15, 0.2) is 0 Å². The lowest BCUT2D eigenvalue weighted by Gasteiger charge is -2.57. The highest BCUT2D eigenvalue weighted by atomic mass is 31.2. The van der Waals surface area contributed by atoms with Crippen molar-refractivity contribution in [3.8, 4) is 0 Å². The highest BCUT2D eigenvalue weighted by Crippen LogP contribution is 2.72. The Kier molecular flexibility index (Phi) is 6.25. The minimum absolute atomic E-state index is 0.215. The van der Waals surface area contributed by atoms with Gasteiger partial charge in [-0.3, -0.25) is 0 Å². The average molecular weight is 409 g/mol. The summed E-state index contributed by atoms with van der Waals surface area (Å²) in [7, 11) is -2.35. The van der Waals surface area contributed by atoms with Crippen LogP contribution in [0, 0.1) is 0 Å². The molecule has 4 heteroatoms. The molecule has 8 unspecified atom stereocenters. The molecular weight excluding hydrogens is 367 g/mol. The van der Waals surface area contributed by atoms with Gasteiger partial charge in [-0.25, -0.2) is 0 Å². The van der Waals surface area contributed by atoms with Crippen LogP contribution >= 0.6 is 7.14 Å². The number of fused-ring (bicyclic) bond motifs is 4. The third-order valence-corrected chi connectivity index (χ3v) is 13.6. The molecule has 0 aromatic carbocycles. The van der Waals surface area contributed by atoms with Crippen molar-refractivity contribution in [1.82, 2.24) is 0 Å². The minimum Gasteiger partial charge on any atom is -0.373 e. The SMILES string of the molecule is O=P12C3CCCCCCCC3OC3CCCCC(OC4CCCCCCC41)C32. The Bertz CT molecular complexity index is 578. The normalized spacial score (nSPS) is 50.2. The largest absolute Gasteiger partial charge is 0.373 e. The highest BCUT2D eigenvalue weighted by Gasteiger charge is 2.62. The van der Waals surface area contributed by atoms with Gasteiger partial charge in [0.25, 0.3) is 0 Å². The van der Waals surface area contributed by atoms with Gasteiger partial charge in [0.05, 0.1) is 30.1 Å². The first-order valence-corrected chi connectivity index (χ1v) is 14.6. The maximum Gasteiger partial charge on any atom is 0.107 e. The molecule has 28 heavy (non-hydrogen) atoms. The van der Waals surface area contributed by atoms with E-state index in [1.807, 2.05) is 0 Å². The molecule has 0 bridgehead atoms. The molecule has 2 aliphatic heterocycles. The van der Waals surface area contributed by atoms with E-state index in [-0.39, 0.29) is 30.1 Å². The van der Waals surface area contributed by atoms with Crippen LogP contribution in [0.5, 0.6) is 0 Å². The number of rotatable bonds is 0. The van der Waals surface area contributed by atoms with E-state index in [0.29, 0.717) is 11.3 Å². The Hall–Kier alpha value is 0.150. The van der Waals surface area contributed by atoms with Crippen molar-refractivity contribution >= 4 is 7.14 Å². The van der Waals surface area contributed by atoms with Crippen molar-refractivity contribution in [2.45, 2.75) is 151 Å². The smallest absolute Gasteiger partial charge is 0.107 e. The van der Waals surface area contributed by atoms with Crippen molar-refractivity contribution in [3.05, 3.63) is 0 Å². The molecule has 3 nitrogen and oxygen atoms in total. The van der Waals surface area contributed by atoms with Crippen molar-refractivity contribution in [1.29, 1.82) is 0 Å². The van der Waals surface area contributed by atoms with Crippen LogP contribution in [0.1, 0.15) is 109 Å². The Balaban J connectivity index is 1.55. The Morgan fingerprint density at radius 1 is 0.464 bits per heavy atom. The van der Waals surface area contributed by atoms with Crippen LogP contribution in [0.4, 0.5) is 0 Å². The fourth-order valence-electron chi connectivity index (χ4n) is 7.51. The van der Waals surface area contributed by atoms with Crippen LogP contribution in [0.3, 0.4) is 0 Å². The highest BCUT2D eigenvalue weighted by molar-refractivity contribution is 7.66. The second-order valence-corrected chi connectivity index (χ2v) is 13.9. The molecule has 0 spiro atoms. The zero-order valence-corrected chi connectivity index (χ0v) is 18.6.